The third kappa shape index (κ3) is 5.31. The summed E-state index contributed by atoms with van der Waals surface area (Å²) in [5.74, 6) is -1.05. The van der Waals surface area contributed by atoms with E-state index in [4.69, 9.17) is 27.6 Å². The summed E-state index contributed by atoms with van der Waals surface area (Å²) in [6.07, 6.45) is 1.90. The fraction of sp³-hybridized carbons (Fsp3) is 0.167. The Morgan fingerprint density at radius 1 is 0.971 bits per heavy atom. The van der Waals surface area contributed by atoms with Crippen LogP contribution in [0.1, 0.15) is 61.0 Å². The highest BCUT2D eigenvalue weighted by molar-refractivity contribution is 6.36. The van der Waals surface area contributed by atoms with Crippen LogP contribution in [0.25, 0.3) is 0 Å². The van der Waals surface area contributed by atoms with Crippen LogP contribution in [0.2, 0.25) is 10.0 Å². The number of aromatic hydroxyl groups is 1. The quantitative estimate of drug-likeness (QED) is 0.388. The number of fused-ring (bicyclic) bond motifs is 1. The zero-order chi connectivity index (χ0) is 25.1. The molecule has 1 heterocycles. The molecule has 35 heavy (non-hydrogen) atoms. The summed E-state index contributed by atoms with van der Waals surface area (Å²) in [4.78, 5) is 37.5. The standard InChI is InChI=1S/C24H20Cl2N4O5/c1-12-20-18(27-28-22(32)13-5-8-15(31)9-6-13)3-2-4-19(20)35-21(12)24(34)30-29-23(33)16-10-7-14(25)11-17(16)26/h5-11,31H,2-4H2,1H3,(H,28,32)(H,29,33)(H,30,34)/b27-18+. The van der Waals surface area contributed by atoms with Crippen LogP contribution in [0.15, 0.2) is 52.0 Å². The van der Waals surface area contributed by atoms with Crippen molar-refractivity contribution in [1.82, 2.24) is 16.3 Å². The van der Waals surface area contributed by atoms with E-state index in [0.29, 0.717) is 46.0 Å². The van der Waals surface area contributed by atoms with Crippen molar-refractivity contribution in [1.29, 1.82) is 0 Å². The van der Waals surface area contributed by atoms with Gasteiger partial charge in [0.1, 0.15) is 11.5 Å². The van der Waals surface area contributed by atoms with E-state index in [-0.39, 0.29) is 22.1 Å². The van der Waals surface area contributed by atoms with Crippen LogP contribution < -0.4 is 16.3 Å². The van der Waals surface area contributed by atoms with Crippen LogP contribution in [0.3, 0.4) is 0 Å². The van der Waals surface area contributed by atoms with Gasteiger partial charge < -0.3 is 9.52 Å². The van der Waals surface area contributed by atoms with Crippen molar-refractivity contribution >= 4 is 46.6 Å². The van der Waals surface area contributed by atoms with E-state index >= 15 is 0 Å². The third-order valence-corrected chi connectivity index (χ3v) is 5.97. The van der Waals surface area contributed by atoms with E-state index in [0.717, 1.165) is 6.42 Å². The number of phenols is 1. The first-order valence-electron chi connectivity index (χ1n) is 10.6. The smallest absolute Gasteiger partial charge is 0.305 e. The molecule has 1 aliphatic rings. The number of carbonyl (C=O) groups excluding carboxylic acids is 3. The molecule has 0 unspecified atom stereocenters. The van der Waals surface area contributed by atoms with Crippen molar-refractivity contribution < 1.29 is 23.9 Å². The minimum Gasteiger partial charge on any atom is -0.508 e. The van der Waals surface area contributed by atoms with E-state index in [2.05, 4.69) is 21.4 Å². The fourth-order valence-electron chi connectivity index (χ4n) is 3.70. The number of rotatable bonds is 4. The largest absolute Gasteiger partial charge is 0.508 e. The second-order valence-corrected chi connectivity index (χ2v) is 8.63. The number of nitrogens with zero attached hydrogens (tertiary/aromatic N) is 1. The summed E-state index contributed by atoms with van der Waals surface area (Å²) >= 11 is 11.9. The van der Waals surface area contributed by atoms with Gasteiger partial charge in [0, 0.05) is 28.1 Å². The van der Waals surface area contributed by atoms with Gasteiger partial charge in [-0.25, -0.2) is 5.43 Å². The Bertz CT molecular complexity index is 1350. The average Bonchev–Trinajstić information content (AvgIpc) is 3.18. The Hall–Kier alpha value is -3.82. The van der Waals surface area contributed by atoms with Gasteiger partial charge in [-0.15, -0.1) is 0 Å². The molecule has 11 heteroatoms. The van der Waals surface area contributed by atoms with Crippen molar-refractivity contribution in [3.63, 3.8) is 0 Å². The number of hydrazine groups is 1. The molecule has 0 saturated heterocycles. The highest BCUT2D eigenvalue weighted by atomic mass is 35.5. The molecular formula is C24H20Cl2N4O5. The van der Waals surface area contributed by atoms with Gasteiger partial charge in [-0.05, 0) is 62.2 Å². The zero-order valence-electron chi connectivity index (χ0n) is 18.4. The number of amides is 3. The van der Waals surface area contributed by atoms with Gasteiger partial charge in [-0.1, -0.05) is 23.2 Å². The number of hydrogen-bond donors (Lipinski definition) is 4. The molecule has 2 aromatic carbocycles. The Morgan fingerprint density at radius 3 is 2.40 bits per heavy atom. The van der Waals surface area contributed by atoms with E-state index in [1.807, 2.05) is 0 Å². The molecule has 3 amide bonds. The minimum atomic E-state index is -0.650. The number of furan rings is 1. The number of aryl methyl sites for hydroxylation is 1. The molecule has 4 N–H and O–H groups in total. The molecule has 3 aromatic rings. The fourth-order valence-corrected chi connectivity index (χ4v) is 4.20. The lowest BCUT2D eigenvalue weighted by molar-refractivity contribution is 0.0829. The molecular weight excluding hydrogens is 495 g/mol. The Labute approximate surface area is 210 Å². The van der Waals surface area contributed by atoms with Crippen molar-refractivity contribution in [3.8, 4) is 5.75 Å². The first-order valence-corrected chi connectivity index (χ1v) is 11.3. The second kappa shape index (κ2) is 10.2. The Kier molecular flexibility index (Phi) is 7.09. The number of halogens is 2. The van der Waals surface area contributed by atoms with Crippen LogP contribution in [0, 0.1) is 6.92 Å². The number of phenolic OH excluding ortho intramolecular Hbond substituents is 1. The number of hydrazone groups is 1. The topological polar surface area (TPSA) is 133 Å². The van der Waals surface area contributed by atoms with Gasteiger partial charge >= 0.3 is 5.91 Å². The lowest BCUT2D eigenvalue weighted by Crippen LogP contribution is -2.41. The zero-order valence-corrected chi connectivity index (χ0v) is 20.0. The number of nitrogens with one attached hydrogen (secondary N) is 3. The summed E-state index contributed by atoms with van der Waals surface area (Å²) in [5, 5.41) is 14.1. The van der Waals surface area contributed by atoms with E-state index < -0.39 is 17.7 Å². The summed E-state index contributed by atoms with van der Waals surface area (Å²) in [6, 6.07) is 10.2. The van der Waals surface area contributed by atoms with Gasteiger partial charge in [0.2, 0.25) is 0 Å². The van der Waals surface area contributed by atoms with Crippen LogP contribution in [-0.4, -0.2) is 28.5 Å². The van der Waals surface area contributed by atoms with E-state index in [9.17, 15) is 19.5 Å². The third-order valence-electron chi connectivity index (χ3n) is 5.42. The number of benzene rings is 2. The highest BCUT2D eigenvalue weighted by Crippen LogP contribution is 2.30. The summed E-state index contributed by atoms with van der Waals surface area (Å²) in [7, 11) is 0. The van der Waals surface area contributed by atoms with Crippen LogP contribution in [0.5, 0.6) is 5.75 Å². The van der Waals surface area contributed by atoms with Crippen LogP contribution in [-0.2, 0) is 6.42 Å². The maximum atomic E-state index is 12.7. The Morgan fingerprint density at radius 2 is 1.69 bits per heavy atom. The van der Waals surface area contributed by atoms with Crippen LogP contribution in [0.4, 0.5) is 0 Å². The molecule has 0 spiro atoms. The first-order chi connectivity index (χ1) is 16.7. The second-order valence-electron chi connectivity index (χ2n) is 7.79. The SMILES string of the molecule is Cc1c(C(=O)NNC(=O)c2ccc(Cl)cc2Cl)oc2c1/C(=N/NC(=O)c1ccc(O)cc1)CCC2. The molecule has 0 saturated carbocycles. The molecule has 0 radical (unpaired) electrons. The maximum absolute atomic E-state index is 12.7. The van der Waals surface area contributed by atoms with Gasteiger partial charge in [0.15, 0.2) is 5.76 Å². The monoisotopic (exact) mass is 514 g/mol. The highest BCUT2D eigenvalue weighted by Gasteiger charge is 2.28. The predicted molar refractivity (Wildman–Crippen MR) is 130 cm³/mol. The summed E-state index contributed by atoms with van der Waals surface area (Å²) < 4.78 is 5.78. The first kappa shape index (κ1) is 24.3. The predicted octanol–water partition coefficient (Wildman–Crippen LogP) is 4.15. The molecule has 4 rings (SSSR count). The summed E-state index contributed by atoms with van der Waals surface area (Å²) in [5.41, 5.74) is 9.39. The minimum absolute atomic E-state index is 0.0250. The maximum Gasteiger partial charge on any atom is 0.305 e. The van der Waals surface area contributed by atoms with Crippen molar-refractivity contribution in [2.75, 3.05) is 0 Å². The molecule has 0 aliphatic heterocycles. The van der Waals surface area contributed by atoms with Gasteiger partial charge in [0.25, 0.3) is 11.8 Å². The van der Waals surface area contributed by atoms with E-state index in [1.54, 1.807) is 6.92 Å². The molecule has 180 valence electrons. The van der Waals surface area contributed by atoms with Crippen molar-refractivity contribution in [2.24, 2.45) is 5.10 Å². The van der Waals surface area contributed by atoms with Crippen molar-refractivity contribution in [3.05, 3.63) is 86.3 Å². The lowest BCUT2D eigenvalue weighted by Gasteiger charge is -2.13. The van der Waals surface area contributed by atoms with Crippen LogP contribution >= 0.6 is 23.2 Å². The molecule has 9 nitrogen and oxygen atoms in total. The molecule has 1 aromatic heterocycles. The molecule has 1 aliphatic carbocycles. The summed E-state index contributed by atoms with van der Waals surface area (Å²) in [6.45, 7) is 1.71. The number of hydrogen-bond acceptors (Lipinski definition) is 6. The lowest BCUT2D eigenvalue weighted by atomic mass is 9.93. The average molecular weight is 515 g/mol. The number of carbonyl (C=O) groups is 3. The van der Waals surface area contributed by atoms with E-state index in [1.165, 1.54) is 42.5 Å². The van der Waals surface area contributed by atoms with Gasteiger partial charge in [-0.2, -0.15) is 5.10 Å². The molecule has 0 bridgehead atoms. The van der Waals surface area contributed by atoms with Gasteiger partial charge in [-0.3, -0.25) is 25.2 Å². The normalized spacial score (nSPS) is 13.7. The van der Waals surface area contributed by atoms with Gasteiger partial charge in [0.05, 0.1) is 16.3 Å². The Balaban J connectivity index is 1.48. The van der Waals surface area contributed by atoms with Crippen molar-refractivity contribution in [2.45, 2.75) is 26.2 Å². The molecule has 0 atom stereocenters. The molecule has 0 fully saturated rings.